The first-order chi connectivity index (χ1) is 11.4. The van der Waals surface area contributed by atoms with E-state index in [1.165, 1.54) is 13.0 Å². The fourth-order valence-corrected chi connectivity index (χ4v) is 3.53. The number of aryl methyl sites for hydroxylation is 1. The third kappa shape index (κ3) is 2.36. The Hall–Kier alpha value is -2.39. The van der Waals surface area contributed by atoms with E-state index in [1.807, 2.05) is 13.0 Å². The number of nitriles is 1. The van der Waals surface area contributed by atoms with Crippen molar-refractivity contribution in [2.75, 3.05) is 6.61 Å². The third-order valence-electron chi connectivity index (χ3n) is 4.40. The van der Waals surface area contributed by atoms with Crippen LogP contribution in [0.15, 0.2) is 6.07 Å². The molecule has 126 valence electrons. The molecular weight excluding hydrogens is 311 g/mol. The second-order valence-corrected chi connectivity index (χ2v) is 6.09. The van der Waals surface area contributed by atoms with E-state index in [0.717, 1.165) is 12.0 Å². The van der Waals surface area contributed by atoms with Crippen LogP contribution in [0.3, 0.4) is 0 Å². The van der Waals surface area contributed by atoms with Gasteiger partial charge < -0.3 is 14.5 Å². The topological polar surface area (TPSA) is 75.1 Å². The number of rotatable bonds is 3. The van der Waals surface area contributed by atoms with E-state index in [9.17, 15) is 14.4 Å². The molecule has 3 rings (SSSR count). The van der Waals surface area contributed by atoms with Crippen LogP contribution < -0.4 is 0 Å². The Morgan fingerprint density at radius 3 is 2.96 bits per heavy atom. The van der Waals surface area contributed by atoms with Crippen molar-refractivity contribution in [2.24, 2.45) is 0 Å². The third-order valence-corrected chi connectivity index (χ3v) is 4.40. The van der Waals surface area contributed by atoms with E-state index in [0.29, 0.717) is 41.6 Å². The molecule has 0 amide bonds. The van der Waals surface area contributed by atoms with Crippen LogP contribution in [-0.2, 0) is 26.5 Å². The van der Waals surface area contributed by atoms with Gasteiger partial charge in [0.1, 0.15) is 11.9 Å². The van der Waals surface area contributed by atoms with Gasteiger partial charge in [-0.2, -0.15) is 5.26 Å². The molecule has 1 aromatic carbocycles. The van der Waals surface area contributed by atoms with Crippen LogP contribution in [0.4, 0.5) is 4.39 Å². The smallest absolute Gasteiger partial charge is 0.305 e. The summed E-state index contributed by atoms with van der Waals surface area (Å²) in [4.78, 5) is 14.9. The minimum atomic E-state index is -1.21. The van der Waals surface area contributed by atoms with E-state index in [-0.39, 0.29) is 5.56 Å². The van der Waals surface area contributed by atoms with Crippen molar-refractivity contribution >= 4 is 16.9 Å². The van der Waals surface area contributed by atoms with Crippen LogP contribution in [0.1, 0.15) is 49.1 Å². The molecule has 0 spiro atoms. The number of aromatic nitrogens is 1. The maximum atomic E-state index is 14.2. The van der Waals surface area contributed by atoms with Crippen LogP contribution in [0.5, 0.6) is 0 Å². The Balaban J connectivity index is 2.34. The molecule has 1 aliphatic heterocycles. The van der Waals surface area contributed by atoms with Crippen molar-refractivity contribution in [1.29, 1.82) is 5.26 Å². The van der Waals surface area contributed by atoms with Gasteiger partial charge in [-0.25, -0.2) is 4.39 Å². The highest BCUT2D eigenvalue weighted by Gasteiger charge is 2.43. The van der Waals surface area contributed by atoms with Crippen molar-refractivity contribution in [2.45, 2.75) is 45.8 Å². The van der Waals surface area contributed by atoms with E-state index in [1.54, 1.807) is 6.92 Å². The van der Waals surface area contributed by atoms with E-state index in [2.05, 4.69) is 4.98 Å². The molecule has 1 atom stereocenters. The lowest BCUT2D eigenvalue weighted by molar-refractivity contribution is -0.247. The van der Waals surface area contributed by atoms with Crippen molar-refractivity contribution in [1.82, 2.24) is 4.98 Å². The van der Waals surface area contributed by atoms with Gasteiger partial charge in [0.15, 0.2) is 0 Å². The Morgan fingerprint density at radius 1 is 1.58 bits per heavy atom. The molecule has 2 aromatic rings. The molecule has 0 aliphatic carbocycles. The number of carbonyl (C=O) groups excluding carboxylic acids is 1. The first-order valence-corrected chi connectivity index (χ1v) is 8.01. The number of nitrogens with one attached hydrogen (secondary N) is 1. The molecule has 24 heavy (non-hydrogen) atoms. The van der Waals surface area contributed by atoms with Crippen molar-refractivity contribution in [3.63, 3.8) is 0 Å². The number of aromatic amines is 1. The standard InChI is InChI=1S/C18H19FN2O3/c1-4-6-18(24-11(3)22)17-12(5-7-23-18)15-13(9-20)14(19)8-10(2)16(15)21-17/h8,21H,4-7H2,1-3H3/t18-/m1/s1. The zero-order chi connectivity index (χ0) is 17.5. The molecule has 2 heterocycles. The van der Waals surface area contributed by atoms with Gasteiger partial charge in [-0.1, -0.05) is 6.92 Å². The molecule has 1 aliphatic rings. The highest BCUT2D eigenvalue weighted by molar-refractivity contribution is 5.93. The summed E-state index contributed by atoms with van der Waals surface area (Å²) >= 11 is 0. The highest BCUT2D eigenvalue weighted by Crippen LogP contribution is 2.42. The maximum absolute atomic E-state index is 14.2. The molecule has 6 heteroatoms. The quantitative estimate of drug-likeness (QED) is 0.873. The molecule has 0 bridgehead atoms. The first kappa shape index (κ1) is 16.5. The second-order valence-electron chi connectivity index (χ2n) is 6.09. The largest absolute Gasteiger partial charge is 0.427 e. The van der Waals surface area contributed by atoms with Gasteiger partial charge in [0, 0.05) is 18.7 Å². The van der Waals surface area contributed by atoms with E-state index in [4.69, 9.17) is 9.47 Å². The Morgan fingerprint density at radius 2 is 2.33 bits per heavy atom. The summed E-state index contributed by atoms with van der Waals surface area (Å²) in [6, 6.07) is 3.30. The Bertz CT molecular complexity index is 865. The Kier molecular flexibility index (Phi) is 4.06. The molecule has 5 nitrogen and oxygen atoms in total. The van der Waals surface area contributed by atoms with Gasteiger partial charge in [0.2, 0.25) is 0 Å². The summed E-state index contributed by atoms with van der Waals surface area (Å²) in [5, 5.41) is 9.96. The number of hydrogen-bond acceptors (Lipinski definition) is 4. The van der Waals surface area contributed by atoms with E-state index < -0.39 is 17.6 Å². The molecular formula is C18H19FN2O3. The highest BCUT2D eigenvalue weighted by atomic mass is 19.1. The molecule has 0 unspecified atom stereocenters. The molecule has 0 radical (unpaired) electrons. The lowest BCUT2D eigenvalue weighted by Crippen LogP contribution is -2.39. The van der Waals surface area contributed by atoms with Gasteiger partial charge in [0.05, 0.1) is 23.4 Å². The van der Waals surface area contributed by atoms with E-state index >= 15 is 0 Å². The van der Waals surface area contributed by atoms with Crippen molar-refractivity contribution in [3.8, 4) is 6.07 Å². The van der Waals surface area contributed by atoms with Crippen molar-refractivity contribution < 1.29 is 18.7 Å². The summed E-state index contributed by atoms with van der Waals surface area (Å²) < 4.78 is 25.6. The number of benzene rings is 1. The number of hydrogen-bond donors (Lipinski definition) is 1. The van der Waals surface area contributed by atoms with Gasteiger partial charge in [-0.15, -0.1) is 0 Å². The monoisotopic (exact) mass is 330 g/mol. The molecule has 0 saturated carbocycles. The summed E-state index contributed by atoms with van der Waals surface area (Å²) in [5.74, 6) is -2.19. The first-order valence-electron chi connectivity index (χ1n) is 8.01. The number of halogens is 1. The minimum Gasteiger partial charge on any atom is -0.427 e. The number of H-pyrrole nitrogens is 1. The number of nitrogens with zero attached hydrogens (tertiary/aromatic N) is 1. The summed E-state index contributed by atoms with van der Waals surface area (Å²) in [6.45, 7) is 5.43. The van der Waals surface area contributed by atoms with Gasteiger partial charge >= 0.3 is 5.97 Å². The summed E-state index contributed by atoms with van der Waals surface area (Å²) in [6.07, 6.45) is 1.75. The number of carbonyl (C=O) groups is 1. The average molecular weight is 330 g/mol. The molecule has 0 fully saturated rings. The zero-order valence-corrected chi connectivity index (χ0v) is 14.0. The summed E-state index contributed by atoms with van der Waals surface area (Å²) in [7, 11) is 0. The number of ether oxygens (including phenoxy) is 2. The maximum Gasteiger partial charge on any atom is 0.305 e. The number of fused-ring (bicyclic) bond motifs is 3. The molecule has 0 saturated heterocycles. The van der Waals surface area contributed by atoms with Crippen LogP contribution in [0, 0.1) is 24.1 Å². The minimum absolute atomic E-state index is 0.0169. The SMILES string of the molecule is CCC[C@]1(OC(C)=O)OCCc2c1[nH]c1c(C)cc(F)c(C#N)c21. The zero-order valence-electron chi connectivity index (χ0n) is 14.0. The predicted molar refractivity (Wildman–Crippen MR) is 85.7 cm³/mol. The number of esters is 1. The van der Waals surface area contributed by atoms with Crippen LogP contribution in [0.2, 0.25) is 0 Å². The fourth-order valence-electron chi connectivity index (χ4n) is 3.53. The van der Waals surface area contributed by atoms with Crippen molar-refractivity contribution in [3.05, 3.63) is 34.3 Å². The lowest BCUT2D eigenvalue weighted by Gasteiger charge is -2.36. The fraction of sp³-hybridized carbons (Fsp3) is 0.444. The Labute approximate surface area is 139 Å². The van der Waals surface area contributed by atoms with Gasteiger partial charge in [-0.05, 0) is 37.0 Å². The van der Waals surface area contributed by atoms with Crippen LogP contribution in [-0.4, -0.2) is 17.6 Å². The lowest BCUT2D eigenvalue weighted by atomic mass is 9.94. The predicted octanol–water partition coefficient (Wildman–Crippen LogP) is 3.58. The van der Waals surface area contributed by atoms with Gasteiger partial charge in [0.25, 0.3) is 5.79 Å². The molecule has 1 aromatic heterocycles. The second kappa shape index (κ2) is 5.91. The molecule has 1 N–H and O–H groups in total. The van der Waals surface area contributed by atoms with Crippen LogP contribution in [0.25, 0.3) is 10.9 Å². The van der Waals surface area contributed by atoms with Gasteiger partial charge in [-0.3, -0.25) is 4.79 Å². The van der Waals surface area contributed by atoms with Crippen LogP contribution >= 0.6 is 0 Å². The average Bonchev–Trinajstić information content (AvgIpc) is 2.89. The summed E-state index contributed by atoms with van der Waals surface area (Å²) in [5.41, 5.74) is 2.82. The normalized spacial score (nSPS) is 19.8.